The number of rotatable bonds is 14. The summed E-state index contributed by atoms with van der Waals surface area (Å²) in [7, 11) is 0. The lowest BCUT2D eigenvalue weighted by atomic mass is 9.73. The van der Waals surface area contributed by atoms with E-state index in [-0.39, 0.29) is 0 Å². The van der Waals surface area contributed by atoms with Crippen LogP contribution in [0, 0.1) is 35.5 Å². The van der Waals surface area contributed by atoms with E-state index in [1.165, 1.54) is 51.4 Å². The van der Waals surface area contributed by atoms with E-state index < -0.39 is 0 Å². The summed E-state index contributed by atoms with van der Waals surface area (Å²) in [6.45, 7) is 19.0. The van der Waals surface area contributed by atoms with Crippen LogP contribution in [0.2, 0.25) is 0 Å². The summed E-state index contributed by atoms with van der Waals surface area (Å²) in [6.07, 6.45) is 11.0. The van der Waals surface area contributed by atoms with E-state index in [9.17, 15) is 0 Å². The van der Waals surface area contributed by atoms with Gasteiger partial charge in [-0.3, -0.25) is 0 Å². The van der Waals surface area contributed by atoms with Crippen molar-refractivity contribution in [1.29, 1.82) is 0 Å². The Bertz CT molecular complexity index is 284. The topological polar surface area (TPSA) is 26.0 Å². The molecule has 0 aromatic carbocycles. The first-order chi connectivity index (χ1) is 11.2. The summed E-state index contributed by atoms with van der Waals surface area (Å²) < 4.78 is 0. The van der Waals surface area contributed by atoms with Gasteiger partial charge in [0.1, 0.15) is 0 Å². The zero-order valence-electron chi connectivity index (χ0n) is 18.3. The highest BCUT2D eigenvalue weighted by atomic mass is 14.6. The fourth-order valence-corrected chi connectivity index (χ4v) is 4.65. The highest BCUT2D eigenvalue weighted by molar-refractivity contribution is 4.80. The molecule has 0 radical (unpaired) electrons. The summed E-state index contributed by atoms with van der Waals surface area (Å²) in [5, 5.41) is 0. The lowest BCUT2D eigenvalue weighted by Gasteiger charge is -2.35. The molecule has 0 aromatic rings. The number of nitrogens with two attached hydrogens (primary N) is 1. The minimum atomic E-state index is 0.320. The molecule has 2 N–H and O–H groups in total. The van der Waals surface area contributed by atoms with E-state index in [1.807, 2.05) is 0 Å². The second kappa shape index (κ2) is 13.2. The molecule has 6 atom stereocenters. The smallest absolute Gasteiger partial charge is 0.00438 e. The first kappa shape index (κ1) is 24.0. The predicted molar refractivity (Wildman–Crippen MR) is 111 cm³/mol. The monoisotopic (exact) mass is 339 g/mol. The van der Waals surface area contributed by atoms with Gasteiger partial charge in [-0.05, 0) is 55.3 Å². The molecule has 24 heavy (non-hydrogen) atoms. The van der Waals surface area contributed by atoms with Gasteiger partial charge in [-0.25, -0.2) is 0 Å². The Balaban J connectivity index is 4.41. The number of unbranched alkanes of at least 4 members (excludes halogenated alkanes) is 4. The maximum Gasteiger partial charge on any atom is 0.00438 e. The summed E-state index contributed by atoms with van der Waals surface area (Å²) in [4.78, 5) is 0. The van der Waals surface area contributed by atoms with E-state index in [0.717, 1.165) is 29.6 Å². The van der Waals surface area contributed by atoms with Gasteiger partial charge in [-0.1, -0.05) is 87.0 Å². The molecule has 0 saturated carbocycles. The van der Waals surface area contributed by atoms with Crippen molar-refractivity contribution in [3.8, 4) is 0 Å². The molecule has 1 heteroatoms. The average Bonchev–Trinajstić information content (AvgIpc) is 2.46. The standard InChI is InChI=1S/C23H49N/c1-9-10-11-12-13-14-19(5)23(22(8)24)21(7)16-18(4)15-20(6)17(2)3/h17-23H,9-16,24H2,1-8H3. The average molecular weight is 340 g/mol. The molecule has 0 rings (SSSR count). The summed E-state index contributed by atoms with van der Waals surface area (Å²) in [6, 6.07) is 0.320. The van der Waals surface area contributed by atoms with Gasteiger partial charge in [0.2, 0.25) is 0 Å². The molecule has 6 unspecified atom stereocenters. The van der Waals surface area contributed by atoms with Gasteiger partial charge in [0.05, 0.1) is 0 Å². The third kappa shape index (κ3) is 10.1. The molecule has 0 heterocycles. The quantitative estimate of drug-likeness (QED) is 0.330. The fourth-order valence-electron chi connectivity index (χ4n) is 4.65. The second-order valence-corrected chi connectivity index (χ2v) is 9.39. The van der Waals surface area contributed by atoms with Crippen LogP contribution in [0.15, 0.2) is 0 Å². The van der Waals surface area contributed by atoms with Crippen molar-refractivity contribution in [2.75, 3.05) is 0 Å². The Morgan fingerprint density at radius 3 is 1.71 bits per heavy atom. The lowest BCUT2D eigenvalue weighted by Crippen LogP contribution is -2.37. The van der Waals surface area contributed by atoms with Crippen LogP contribution in [0.3, 0.4) is 0 Å². The molecule has 0 aromatic heterocycles. The second-order valence-electron chi connectivity index (χ2n) is 9.39. The summed E-state index contributed by atoms with van der Waals surface area (Å²) in [5.41, 5.74) is 6.42. The highest BCUT2D eigenvalue weighted by Crippen LogP contribution is 2.34. The molecule has 146 valence electrons. The van der Waals surface area contributed by atoms with Gasteiger partial charge in [-0.2, -0.15) is 0 Å². The number of hydrogen-bond donors (Lipinski definition) is 1. The van der Waals surface area contributed by atoms with Crippen molar-refractivity contribution in [2.24, 2.45) is 41.2 Å². The molecule has 0 saturated heterocycles. The minimum absolute atomic E-state index is 0.320. The van der Waals surface area contributed by atoms with Gasteiger partial charge in [0.25, 0.3) is 0 Å². The SMILES string of the molecule is CCCCCCCC(C)C(C(C)N)C(C)CC(C)CC(C)C(C)C. The molecule has 1 nitrogen and oxygen atoms in total. The van der Waals surface area contributed by atoms with Crippen molar-refractivity contribution in [2.45, 2.75) is 113 Å². The van der Waals surface area contributed by atoms with Crippen LogP contribution in [-0.4, -0.2) is 6.04 Å². The number of hydrogen-bond acceptors (Lipinski definition) is 1. The molecule has 0 fully saturated rings. The van der Waals surface area contributed by atoms with E-state index in [2.05, 4.69) is 55.4 Å². The zero-order chi connectivity index (χ0) is 18.7. The van der Waals surface area contributed by atoms with E-state index in [0.29, 0.717) is 12.0 Å². The Hall–Kier alpha value is -0.0400. The normalized spacial score (nSPS) is 19.8. The zero-order valence-corrected chi connectivity index (χ0v) is 18.3. The van der Waals surface area contributed by atoms with E-state index >= 15 is 0 Å². The van der Waals surface area contributed by atoms with Crippen molar-refractivity contribution in [3.63, 3.8) is 0 Å². The van der Waals surface area contributed by atoms with E-state index in [4.69, 9.17) is 5.73 Å². The molecular formula is C23H49N. The Morgan fingerprint density at radius 1 is 0.667 bits per heavy atom. The van der Waals surface area contributed by atoms with Crippen molar-refractivity contribution in [1.82, 2.24) is 0 Å². The van der Waals surface area contributed by atoms with Gasteiger partial charge < -0.3 is 5.73 Å². The summed E-state index contributed by atoms with van der Waals surface area (Å²) >= 11 is 0. The Labute approximate surface area is 154 Å². The third-order valence-electron chi connectivity index (χ3n) is 6.37. The van der Waals surface area contributed by atoms with Crippen molar-refractivity contribution < 1.29 is 0 Å². The van der Waals surface area contributed by atoms with Crippen LogP contribution in [0.5, 0.6) is 0 Å². The molecule has 0 spiro atoms. The largest absolute Gasteiger partial charge is 0.328 e. The Kier molecular flexibility index (Phi) is 13.2. The predicted octanol–water partition coefficient (Wildman–Crippen LogP) is 7.29. The molecule has 0 aliphatic carbocycles. The highest BCUT2D eigenvalue weighted by Gasteiger charge is 2.28. The molecule has 0 amide bonds. The van der Waals surface area contributed by atoms with Gasteiger partial charge in [0.15, 0.2) is 0 Å². The maximum absolute atomic E-state index is 6.42. The van der Waals surface area contributed by atoms with Crippen LogP contribution < -0.4 is 5.73 Å². The lowest BCUT2D eigenvalue weighted by molar-refractivity contribution is 0.171. The van der Waals surface area contributed by atoms with Gasteiger partial charge >= 0.3 is 0 Å². The van der Waals surface area contributed by atoms with Crippen molar-refractivity contribution in [3.05, 3.63) is 0 Å². The van der Waals surface area contributed by atoms with Gasteiger partial charge in [0, 0.05) is 6.04 Å². The summed E-state index contributed by atoms with van der Waals surface area (Å²) in [5.74, 6) is 4.62. The maximum atomic E-state index is 6.42. The molecule has 0 bridgehead atoms. The first-order valence-electron chi connectivity index (χ1n) is 11.0. The third-order valence-corrected chi connectivity index (χ3v) is 6.37. The van der Waals surface area contributed by atoms with Crippen LogP contribution in [-0.2, 0) is 0 Å². The molecular weight excluding hydrogens is 290 g/mol. The minimum Gasteiger partial charge on any atom is -0.328 e. The van der Waals surface area contributed by atoms with Crippen LogP contribution >= 0.6 is 0 Å². The van der Waals surface area contributed by atoms with Crippen LogP contribution in [0.25, 0.3) is 0 Å². The van der Waals surface area contributed by atoms with Crippen LogP contribution in [0.1, 0.15) is 107 Å². The molecule has 0 aliphatic rings. The van der Waals surface area contributed by atoms with Gasteiger partial charge in [-0.15, -0.1) is 0 Å². The van der Waals surface area contributed by atoms with Crippen molar-refractivity contribution >= 4 is 0 Å². The van der Waals surface area contributed by atoms with Crippen LogP contribution in [0.4, 0.5) is 0 Å². The molecule has 0 aliphatic heterocycles. The fraction of sp³-hybridized carbons (Fsp3) is 1.00. The first-order valence-corrected chi connectivity index (χ1v) is 11.0. The van der Waals surface area contributed by atoms with E-state index in [1.54, 1.807) is 0 Å². The Morgan fingerprint density at radius 2 is 1.21 bits per heavy atom.